The van der Waals surface area contributed by atoms with Gasteiger partial charge in [0, 0.05) is 27.2 Å². The van der Waals surface area contributed by atoms with E-state index in [4.69, 9.17) is 18.9 Å². The molecule has 2 fully saturated rings. The van der Waals surface area contributed by atoms with Crippen molar-refractivity contribution in [2.24, 2.45) is 5.92 Å². The van der Waals surface area contributed by atoms with Gasteiger partial charge in [-0.3, -0.25) is 0 Å². The number of epoxide rings is 1. The maximum absolute atomic E-state index is 11.9. The quantitative estimate of drug-likeness (QED) is 0.216. The fourth-order valence-corrected chi connectivity index (χ4v) is 2.96. The molecule has 1 aliphatic carbocycles. The van der Waals surface area contributed by atoms with Crippen molar-refractivity contribution in [3.05, 3.63) is 12.8 Å². The molecule has 0 radical (unpaired) electrons. The number of likely N-dealkylation sites (N-methyl/N-ethyl adjacent to an activating group) is 2. The minimum absolute atomic E-state index is 0.122. The average Bonchev–Trinajstić information content (AvgIpc) is 3.51. The van der Waals surface area contributed by atoms with Gasteiger partial charge < -0.3 is 33.5 Å². The third-order valence-electron chi connectivity index (χ3n) is 4.83. The summed E-state index contributed by atoms with van der Waals surface area (Å²) in [5.74, 6) is -1.08. The van der Waals surface area contributed by atoms with Gasteiger partial charge in [-0.25, -0.2) is 19.2 Å². The van der Waals surface area contributed by atoms with Gasteiger partial charge in [0.05, 0.1) is 25.1 Å². The molecule has 1 saturated carbocycles. The lowest BCUT2D eigenvalue weighted by Gasteiger charge is -2.21. The van der Waals surface area contributed by atoms with Crippen LogP contribution in [0.4, 0.5) is 9.59 Å². The lowest BCUT2D eigenvalue weighted by molar-refractivity contribution is -0.149. The van der Waals surface area contributed by atoms with Gasteiger partial charge in [0.1, 0.15) is 0 Å². The maximum atomic E-state index is 11.9. The smallest absolute Gasteiger partial charge is 0.410 e. The van der Waals surface area contributed by atoms with Crippen LogP contribution < -0.4 is 0 Å². The Balaban J connectivity index is 1.55. The first kappa shape index (κ1) is 23.5. The first-order valence-electron chi connectivity index (χ1n) is 9.67. The summed E-state index contributed by atoms with van der Waals surface area (Å²) in [7, 11) is 2.90. The molecule has 0 aromatic heterocycles. The number of carbonyl (C=O) groups is 4. The number of hydrogen-bond donors (Lipinski definition) is 0. The SMILES string of the molecule is C=COC(=O)COC(=O)N(C)CCN(C)C(=O)OCC(=O)OCC1CCC2OC2C1. The van der Waals surface area contributed by atoms with Crippen molar-refractivity contribution < 1.29 is 42.9 Å². The van der Waals surface area contributed by atoms with E-state index in [2.05, 4.69) is 11.3 Å². The average molecular weight is 428 g/mol. The van der Waals surface area contributed by atoms with Crippen LogP contribution in [0.15, 0.2) is 12.8 Å². The molecule has 168 valence electrons. The second-order valence-corrected chi connectivity index (χ2v) is 7.18. The predicted octanol–water partition coefficient (Wildman–Crippen LogP) is 0.921. The number of amides is 2. The molecular weight excluding hydrogens is 400 g/mol. The van der Waals surface area contributed by atoms with Crippen molar-refractivity contribution in [3.8, 4) is 0 Å². The van der Waals surface area contributed by atoms with Gasteiger partial charge >= 0.3 is 24.1 Å². The zero-order valence-electron chi connectivity index (χ0n) is 17.2. The van der Waals surface area contributed by atoms with Gasteiger partial charge in [-0.15, -0.1) is 0 Å². The zero-order valence-corrected chi connectivity index (χ0v) is 17.2. The van der Waals surface area contributed by atoms with Crippen LogP contribution in [0, 0.1) is 5.92 Å². The van der Waals surface area contributed by atoms with Crippen LogP contribution in [0.1, 0.15) is 19.3 Å². The van der Waals surface area contributed by atoms with Crippen LogP contribution in [-0.2, 0) is 33.3 Å². The molecule has 1 heterocycles. The summed E-state index contributed by atoms with van der Waals surface area (Å²) in [5.41, 5.74) is 0. The van der Waals surface area contributed by atoms with E-state index in [0.717, 1.165) is 25.5 Å². The van der Waals surface area contributed by atoms with Gasteiger partial charge in [0.25, 0.3) is 0 Å². The van der Waals surface area contributed by atoms with Crippen molar-refractivity contribution >= 4 is 24.1 Å². The van der Waals surface area contributed by atoms with Crippen molar-refractivity contribution in [3.63, 3.8) is 0 Å². The molecule has 0 N–H and O–H groups in total. The Morgan fingerprint density at radius 2 is 1.53 bits per heavy atom. The Labute approximate surface area is 174 Å². The topological polar surface area (TPSA) is 124 Å². The number of carbonyl (C=O) groups excluding carboxylic acids is 4. The molecular formula is C19H28N2O9. The molecule has 0 aromatic carbocycles. The summed E-state index contributed by atoms with van der Waals surface area (Å²) >= 11 is 0. The molecule has 1 aliphatic heterocycles. The molecule has 3 atom stereocenters. The Morgan fingerprint density at radius 3 is 2.10 bits per heavy atom. The number of fused-ring (bicyclic) bond motifs is 1. The summed E-state index contributed by atoms with van der Waals surface area (Å²) in [5, 5.41) is 0. The second kappa shape index (κ2) is 11.4. The minimum atomic E-state index is -0.757. The molecule has 0 bridgehead atoms. The van der Waals surface area contributed by atoms with Crippen molar-refractivity contribution in [1.82, 2.24) is 9.80 Å². The van der Waals surface area contributed by atoms with Crippen LogP contribution in [0.2, 0.25) is 0 Å². The minimum Gasteiger partial charge on any atom is -0.463 e. The summed E-state index contributed by atoms with van der Waals surface area (Å²) in [4.78, 5) is 48.9. The zero-order chi connectivity index (χ0) is 22.1. The summed E-state index contributed by atoms with van der Waals surface area (Å²) < 4.78 is 24.7. The van der Waals surface area contributed by atoms with E-state index >= 15 is 0 Å². The van der Waals surface area contributed by atoms with Crippen LogP contribution in [0.5, 0.6) is 0 Å². The fourth-order valence-electron chi connectivity index (χ4n) is 2.96. The molecule has 3 unspecified atom stereocenters. The highest BCUT2D eigenvalue weighted by Crippen LogP contribution is 2.39. The van der Waals surface area contributed by atoms with E-state index in [1.54, 1.807) is 0 Å². The van der Waals surface area contributed by atoms with E-state index in [9.17, 15) is 19.2 Å². The first-order valence-corrected chi connectivity index (χ1v) is 9.67. The number of nitrogens with zero attached hydrogens (tertiary/aromatic N) is 2. The maximum Gasteiger partial charge on any atom is 0.410 e. The Kier molecular flexibility index (Phi) is 8.90. The van der Waals surface area contributed by atoms with Gasteiger partial charge in [-0.2, -0.15) is 0 Å². The van der Waals surface area contributed by atoms with Gasteiger partial charge in [-0.05, 0) is 25.2 Å². The van der Waals surface area contributed by atoms with Crippen LogP contribution in [0.3, 0.4) is 0 Å². The number of ether oxygens (including phenoxy) is 5. The third-order valence-corrected chi connectivity index (χ3v) is 4.83. The normalized spacial score (nSPS) is 21.5. The largest absolute Gasteiger partial charge is 0.463 e. The molecule has 0 spiro atoms. The van der Waals surface area contributed by atoms with Crippen molar-refractivity contribution in [2.75, 3.05) is 47.0 Å². The Bertz CT molecular complexity index is 654. The number of hydrogen-bond acceptors (Lipinski definition) is 9. The van der Waals surface area contributed by atoms with Gasteiger partial charge in [-0.1, -0.05) is 6.58 Å². The fraction of sp³-hybridized carbons (Fsp3) is 0.684. The molecule has 2 aliphatic rings. The monoisotopic (exact) mass is 428 g/mol. The summed E-state index contributed by atoms with van der Waals surface area (Å²) in [6, 6.07) is 0. The summed E-state index contributed by atoms with van der Waals surface area (Å²) in [6.07, 6.45) is 3.00. The second-order valence-electron chi connectivity index (χ2n) is 7.18. The van der Waals surface area contributed by atoms with Crippen molar-refractivity contribution in [2.45, 2.75) is 31.5 Å². The predicted molar refractivity (Wildman–Crippen MR) is 101 cm³/mol. The van der Waals surface area contributed by atoms with E-state index in [0.29, 0.717) is 18.8 Å². The molecule has 2 rings (SSSR count). The molecule has 2 amide bonds. The lowest BCUT2D eigenvalue weighted by Crippen LogP contribution is -2.38. The third kappa shape index (κ3) is 7.90. The molecule has 1 saturated heterocycles. The highest BCUT2D eigenvalue weighted by atomic mass is 16.6. The molecule has 11 heteroatoms. The highest BCUT2D eigenvalue weighted by Gasteiger charge is 2.44. The number of rotatable bonds is 10. The number of esters is 2. The van der Waals surface area contributed by atoms with Crippen molar-refractivity contribution in [1.29, 1.82) is 0 Å². The Morgan fingerprint density at radius 1 is 0.933 bits per heavy atom. The van der Waals surface area contributed by atoms with Crippen LogP contribution in [0.25, 0.3) is 0 Å². The lowest BCUT2D eigenvalue weighted by atomic mass is 9.90. The van der Waals surface area contributed by atoms with E-state index in [1.807, 2.05) is 0 Å². The van der Waals surface area contributed by atoms with E-state index in [-0.39, 0.29) is 19.0 Å². The summed E-state index contributed by atoms with van der Waals surface area (Å²) in [6.45, 7) is 2.72. The van der Waals surface area contributed by atoms with Gasteiger partial charge in [0.2, 0.25) is 0 Å². The van der Waals surface area contributed by atoms with Crippen LogP contribution in [-0.4, -0.2) is 93.1 Å². The highest BCUT2D eigenvalue weighted by molar-refractivity contribution is 5.76. The standard InChI is InChI=1S/C19H28N2O9/c1-4-26-16(22)11-28-18(24)20(2)7-8-21(3)19(25)29-12-17(23)27-10-13-5-6-14-15(9-13)30-14/h4,13-15H,1,5-12H2,2-3H3. The van der Waals surface area contributed by atoms with E-state index in [1.165, 1.54) is 23.9 Å². The first-order chi connectivity index (χ1) is 14.3. The molecule has 0 aromatic rings. The molecule has 11 nitrogen and oxygen atoms in total. The molecule has 30 heavy (non-hydrogen) atoms. The van der Waals surface area contributed by atoms with Gasteiger partial charge in [0.15, 0.2) is 13.2 Å². The van der Waals surface area contributed by atoms with Crippen LogP contribution >= 0.6 is 0 Å². The Hall–Kier alpha value is -2.82. The van der Waals surface area contributed by atoms with E-state index < -0.39 is 37.3 Å².